The lowest BCUT2D eigenvalue weighted by molar-refractivity contribution is -0.128. The number of hydrogen-bond acceptors (Lipinski definition) is 8. The molecule has 2 aromatic heterocycles. The zero-order chi connectivity index (χ0) is 24.3. The predicted octanol–water partition coefficient (Wildman–Crippen LogP) is 3.83. The average Bonchev–Trinajstić information content (AvgIpc) is 3.50. The summed E-state index contributed by atoms with van der Waals surface area (Å²) in [5, 5.41) is 3.77. The molecule has 4 N–H and O–H groups in total. The molecule has 178 valence electrons. The zero-order valence-electron chi connectivity index (χ0n) is 18.8. The van der Waals surface area contributed by atoms with Crippen LogP contribution in [0.3, 0.4) is 0 Å². The lowest BCUT2D eigenvalue weighted by Crippen LogP contribution is -2.42. The number of carbonyl (C=O) groups is 3. The summed E-state index contributed by atoms with van der Waals surface area (Å²) in [6.07, 6.45) is 2.02. The van der Waals surface area contributed by atoms with E-state index in [1.165, 1.54) is 16.7 Å². The fourth-order valence-corrected chi connectivity index (χ4v) is 4.75. The number of nitrogens with one attached hydrogen (secondary N) is 2. The molecule has 0 saturated carbocycles. The van der Waals surface area contributed by atoms with Crippen molar-refractivity contribution >= 4 is 57.7 Å². The fraction of sp³-hybridized carbons (Fsp3) is 0.304. The van der Waals surface area contributed by atoms with Crippen LogP contribution in [0.1, 0.15) is 26.0 Å². The first-order valence-electron chi connectivity index (χ1n) is 10.7. The van der Waals surface area contributed by atoms with E-state index in [4.69, 9.17) is 10.2 Å². The van der Waals surface area contributed by atoms with Crippen LogP contribution in [0.4, 0.5) is 4.79 Å². The molecule has 9 nitrogen and oxygen atoms in total. The first-order chi connectivity index (χ1) is 16.3. The SMILES string of the molecule is CC(C)(CN)C(=O)NCCCN1C(=O)S/C(=C\c2ccc(Sc3nc4ccccc4[nH]3)o2)C1=O. The van der Waals surface area contributed by atoms with Gasteiger partial charge in [0.1, 0.15) is 5.76 Å². The highest BCUT2D eigenvalue weighted by atomic mass is 32.2. The lowest BCUT2D eigenvalue weighted by atomic mass is 9.93. The van der Waals surface area contributed by atoms with Gasteiger partial charge in [-0.3, -0.25) is 19.3 Å². The number of imidazole rings is 1. The van der Waals surface area contributed by atoms with Crippen molar-refractivity contribution in [3.8, 4) is 0 Å². The number of thioether (sulfide) groups is 1. The minimum atomic E-state index is -0.657. The Kier molecular flexibility index (Phi) is 7.15. The van der Waals surface area contributed by atoms with Gasteiger partial charge in [0.05, 0.1) is 21.4 Å². The van der Waals surface area contributed by atoms with Crippen molar-refractivity contribution in [2.24, 2.45) is 11.1 Å². The van der Waals surface area contributed by atoms with Gasteiger partial charge in [-0.2, -0.15) is 0 Å². The maximum absolute atomic E-state index is 12.7. The number of furan rings is 1. The average molecular weight is 500 g/mol. The summed E-state index contributed by atoms with van der Waals surface area (Å²) >= 11 is 2.21. The monoisotopic (exact) mass is 499 g/mol. The van der Waals surface area contributed by atoms with Gasteiger partial charge in [-0.15, -0.1) is 0 Å². The van der Waals surface area contributed by atoms with Crippen LogP contribution in [0.5, 0.6) is 0 Å². The van der Waals surface area contributed by atoms with Crippen molar-refractivity contribution in [3.63, 3.8) is 0 Å². The number of aromatic nitrogens is 2. The molecule has 0 unspecified atom stereocenters. The molecule has 1 saturated heterocycles. The van der Waals surface area contributed by atoms with E-state index in [0.717, 1.165) is 22.8 Å². The third kappa shape index (κ3) is 5.37. The second-order valence-corrected chi connectivity index (χ2v) is 10.3. The van der Waals surface area contributed by atoms with Gasteiger partial charge in [0.2, 0.25) is 5.91 Å². The van der Waals surface area contributed by atoms with Crippen LogP contribution < -0.4 is 11.1 Å². The molecule has 1 aliphatic rings. The molecule has 1 aliphatic heterocycles. The molecule has 0 atom stereocenters. The Hall–Kier alpha value is -3.02. The number of nitrogens with zero attached hydrogens (tertiary/aromatic N) is 2. The first-order valence-corrected chi connectivity index (χ1v) is 12.4. The third-order valence-electron chi connectivity index (χ3n) is 5.28. The molecule has 34 heavy (non-hydrogen) atoms. The number of H-pyrrole nitrogens is 1. The van der Waals surface area contributed by atoms with Crippen molar-refractivity contribution in [2.75, 3.05) is 19.6 Å². The van der Waals surface area contributed by atoms with Crippen LogP contribution in [0.25, 0.3) is 17.1 Å². The summed E-state index contributed by atoms with van der Waals surface area (Å²) in [5.74, 6) is -0.0509. The second kappa shape index (κ2) is 10.1. The van der Waals surface area contributed by atoms with Crippen LogP contribution >= 0.6 is 23.5 Å². The number of imide groups is 1. The highest BCUT2D eigenvalue weighted by Crippen LogP contribution is 2.34. The Bertz CT molecular complexity index is 1230. The molecule has 3 heterocycles. The van der Waals surface area contributed by atoms with Crippen molar-refractivity contribution in [2.45, 2.75) is 30.5 Å². The summed E-state index contributed by atoms with van der Waals surface area (Å²) in [6, 6.07) is 11.3. The molecular formula is C23H25N5O4S2. The Morgan fingerprint density at radius 3 is 2.85 bits per heavy atom. The summed E-state index contributed by atoms with van der Waals surface area (Å²) < 4.78 is 5.81. The summed E-state index contributed by atoms with van der Waals surface area (Å²) in [4.78, 5) is 46.3. The third-order valence-corrected chi connectivity index (χ3v) is 7.00. The van der Waals surface area contributed by atoms with E-state index in [2.05, 4.69) is 15.3 Å². The van der Waals surface area contributed by atoms with E-state index < -0.39 is 5.41 Å². The summed E-state index contributed by atoms with van der Waals surface area (Å²) in [6.45, 7) is 4.33. The number of amides is 3. The van der Waals surface area contributed by atoms with Gasteiger partial charge in [-0.05, 0) is 68.1 Å². The highest BCUT2D eigenvalue weighted by Gasteiger charge is 2.35. The normalized spacial score (nSPS) is 15.6. The van der Waals surface area contributed by atoms with Crippen LogP contribution in [0.15, 0.2) is 56.0 Å². The van der Waals surface area contributed by atoms with Gasteiger partial charge in [0.25, 0.3) is 11.1 Å². The van der Waals surface area contributed by atoms with E-state index in [-0.39, 0.29) is 30.1 Å². The Morgan fingerprint density at radius 2 is 2.09 bits per heavy atom. The number of carbonyl (C=O) groups excluding carboxylic acids is 3. The van der Waals surface area contributed by atoms with Gasteiger partial charge < -0.3 is 20.5 Å². The van der Waals surface area contributed by atoms with Crippen molar-refractivity contribution in [1.29, 1.82) is 0 Å². The molecule has 3 amide bonds. The lowest BCUT2D eigenvalue weighted by Gasteiger charge is -2.21. The van der Waals surface area contributed by atoms with Crippen molar-refractivity contribution < 1.29 is 18.8 Å². The topological polar surface area (TPSA) is 134 Å². The Morgan fingerprint density at radius 1 is 1.29 bits per heavy atom. The van der Waals surface area contributed by atoms with E-state index in [9.17, 15) is 14.4 Å². The first kappa shape index (κ1) is 24.1. The van der Waals surface area contributed by atoms with Gasteiger partial charge in [0.15, 0.2) is 10.2 Å². The largest absolute Gasteiger partial charge is 0.450 e. The quantitative estimate of drug-likeness (QED) is 0.299. The fourth-order valence-electron chi connectivity index (χ4n) is 3.13. The van der Waals surface area contributed by atoms with Crippen molar-refractivity contribution in [1.82, 2.24) is 20.2 Å². The van der Waals surface area contributed by atoms with Gasteiger partial charge in [-0.25, -0.2) is 4.98 Å². The van der Waals surface area contributed by atoms with Crippen LogP contribution in [-0.2, 0) is 9.59 Å². The summed E-state index contributed by atoms with van der Waals surface area (Å²) in [7, 11) is 0. The molecule has 0 aliphatic carbocycles. The Labute approximate surface area is 204 Å². The van der Waals surface area contributed by atoms with Crippen LogP contribution in [-0.4, -0.2) is 51.6 Å². The maximum atomic E-state index is 12.7. The molecular weight excluding hydrogens is 474 g/mol. The number of para-hydroxylation sites is 2. The molecule has 4 rings (SSSR count). The Balaban J connectivity index is 1.33. The van der Waals surface area contributed by atoms with E-state index in [0.29, 0.717) is 33.9 Å². The smallest absolute Gasteiger partial charge is 0.293 e. The minimum Gasteiger partial charge on any atom is -0.450 e. The molecule has 0 spiro atoms. The highest BCUT2D eigenvalue weighted by molar-refractivity contribution is 8.18. The molecule has 11 heteroatoms. The van der Waals surface area contributed by atoms with Gasteiger partial charge >= 0.3 is 0 Å². The molecule has 0 radical (unpaired) electrons. The molecule has 1 fully saturated rings. The number of aromatic amines is 1. The van der Waals surface area contributed by atoms with Gasteiger partial charge in [0, 0.05) is 25.7 Å². The van der Waals surface area contributed by atoms with Gasteiger partial charge in [-0.1, -0.05) is 12.1 Å². The van der Waals surface area contributed by atoms with E-state index in [1.807, 2.05) is 24.3 Å². The minimum absolute atomic E-state index is 0.154. The zero-order valence-corrected chi connectivity index (χ0v) is 20.4. The van der Waals surface area contributed by atoms with Crippen LogP contribution in [0.2, 0.25) is 0 Å². The second-order valence-electron chi connectivity index (χ2n) is 8.35. The standard InChI is InChI=1S/C23H25N5O4S2/c1-23(2,13-24)20(30)25-10-5-11-28-19(29)17(33-22(28)31)12-14-8-9-18(32-14)34-21-26-15-6-3-4-7-16(15)27-21/h3-4,6-9,12H,5,10-11,13,24H2,1-2H3,(H,25,30)(H,26,27)/b17-12-. The number of rotatable bonds is 9. The van der Waals surface area contributed by atoms with E-state index in [1.54, 1.807) is 32.1 Å². The number of benzene rings is 1. The van der Waals surface area contributed by atoms with E-state index >= 15 is 0 Å². The maximum Gasteiger partial charge on any atom is 0.293 e. The number of fused-ring (bicyclic) bond motifs is 1. The number of hydrogen-bond donors (Lipinski definition) is 3. The molecule has 3 aromatic rings. The predicted molar refractivity (Wildman–Crippen MR) is 132 cm³/mol. The molecule has 1 aromatic carbocycles. The van der Waals surface area contributed by atoms with Crippen LogP contribution in [0, 0.1) is 5.41 Å². The summed E-state index contributed by atoms with van der Waals surface area (Å²) in [5.41, 5.74) is 6.75. The molecule has 0 bridgehead atoms. The number of nitrogens with two attached hydrogens (primary N) is 1. The van der Waals surface area contributed by atoms with Crippen molar-refractivity contribution in [3.05, 3.63) is 47.1 Å².